The van der Waals surface area contributed by atoms with Crippen LogP contribution in [0.15, 0.2) is 18.2 Å². The van der Waals surface area contributed by atoms with Crippen LogP contribution in [0.2, 0.25) is 0 Å². The van der Waals surface area contributed by atoms with Crippen LogP contribution in [0.25, 0.3) is 10.1 Å². The number of ether oxygens (including phenoxy) is 1. The average molecular weight is 324 g/mol. The molecule has 6 heteroatoms. The molecule has 0 aliphatic heterocycles. The minimum Gasteiger partial charge on any atom is -0.496 e. The Morgan fingerprint density at radius 2 is 2.09 bits per heavy atom. The van der Waals surface area contributed by atoms with Crippen molar-refractivity contribution in [1.29, 1.82) is 0 Å². The molecule has 118 valence electrons. The Morgan fingerprint density at radius 1 is 1.36 bits per heavy atom. The highest BCUT2D eigenvalue weighted by Crippen LogP contribution is 2.33. The van der Waals surface area contributed by atoms with Crippen LogP contribution in [0, 0.1) is 5.92 Å². The molecule has 1 unspecified atom stereocenters. The first-order valence-electron chi connectivity index (χ1n) is 6.88. The predicted molar refractivity (Wildman–Crippen MR) is 83.8 cm³/mol. The number of carboxylic acids is 1. The summed E-state index contributed by atoms with van der Waals surface area (Å²) in [6, 6.07) is 5.35. The molecule has 0 radical (unpaired) electrons. The van der Waals surface area contributed by atoms with Gasteiger partial charge in [0.2, 0.25) is 0 Å². The third-order valence-corrected chi connectivity index (χ3v) is 4.61. The predicted octanol–water partition coefficient (Wildman–Crippen LogP) is 3.72. The number of halogens is 1. The lowest BCUT2D eigenvalue weighted by Gasteiger charge is -2.06. The van der Waals surface area contributed by atoms with E-state index >= 15 is 0 Å². The van der Waals surface area contributed by atoms with E-state index in [1.54, 1.807) is 12.1 Å². The molecule has 0 saturated heterocycles. The molecule has 1 heterocycles. The zero-order chi connectivity index (χ0) is 16.3. The number of hydrogen-bond donors (Lipinski definition) is 1. The van der Waals surface area contributed by atoms with Crippen molar-refractivity contribution in [1.82, 2.24) is 0 Å². The van der Waals surface area contributed by atoms with Crippen LogP contribution in [0.5, 0.6) is 5.75 Å². The van der Waals surface area contributed by atoms with Gasteiger partial charge in [-0.05, 0) is 29.1 Å². The Morgan fingerprint density at radius 3 is 2.68 bits per heavy atom. The number of benzene rings is 1. The second-order valence-electron chi connectivity index (χ2n) is 5.12. The number of carboxylic acid groups (broad SMARTS) is 1. The molecule has 0 fully saturated rings. The highest BCUT2D eigenvalue weighted by molar-refractivity contribution is 7.20. The minimum absolute atomic E-state index is 0.0311. The number of aliphatic carboxylic acids is 1. The summed E-state index contributed by atoms with van der Waals surface area (Å²) in [6.45, 7) is 1.03. The van der Waals surface area contributed by atoms with E-state index in [1.165, 1.54) is 25.4 Å². The van der Waals surface area contributed by atoms with Gasteiger partial charge in [0.05, 0.1) is 24.6 Å². The van der Waals surface area contributed by atoms with Crippen LogP contribution in [-0.4, -0.2) is 30.6 Å². The molecule has 0 spiro atoms. The topological polar surface area (TPSA) is 63.6 Å². The first-order chi connectivity index (χ1) is 10.5. The van der Waals surface area contributed by atoms with Crippen molar-refractivity contribution in [2.75, 3.05) is 13.8 Å². The van der Waals surface area contributed by atoms with Crippen molar-refractivity contribution in [2.24, 2.45) is 5.92 Å². The minimum atomic E-state index is -0.985. The van der Waals surface area contributed by atoms with Gasteiger partial charge in [-0.1, -0.05) is 6.92 Å². The maximum absolute atomic E-state index is 12.6. The van der Waals surface area contributed by atoms with E-state index in [0.29, 0.717) is 10.6 Å². The van der Waals surface area contributed by atoms with Gasteiger partial charge in [0.1, 0.15) is 5.75 Å². The van der Waals surface area contributed by atoms with Gasteiger partial charge < -0.3 is 9.84 Å². The second kappa shape index (κ2) is 6.87. The summed E-state index contributed by atoms with van der Waals surface area (Å²) in [5, 5.41) is 9.72. The fourth-order valence-corrected chi connectivity index (χ4v) is 3.26. The lowest BCUT2D eigenvalue weighted by Crippen LogP contribution is -2.13. The molecule has 2 aromatic rings. The normalized spacial score (nSPS) is 12.3. The molecule has 22 heavy (non-hydrogen) atoms. The lowest BCUT2D eigenvalue weighted by molar-refractivity contribution is -0.141. The van der Waals surface area contributed by atoms with E-state index in [4.69, 9.17) is 9.84 Å². The zero-order valence-corrected chi connectivity index (χ0v) is 13.2. The number of Topliss-reactive ketones (excluding diaryl/α,β-unsaturated/α-hetero) is 1. The van der Waals surface area contributed by atoms with Gasteiger partial charge in [0.25, 0.3) is 0 Å². The van der Waals surface area contributed by atoms with Gasteiger partial charge in [-0.25, -0.2) is 0 Å². The Kier molecular flexibility index (Phi) is 5.13. The number of hydrogen-bond acceptors (Lipinski definition) is 4. The molecule has 0 bridgehead atoms. The highest BCUT2D eigenvalue weighted by Gasteiger charge is 2.19. The first-order valence-corrected chi connectivity index (χ1v) is 7.70. The van der Waals surface area contributed by atoms with E-state index < -0.39 is 18.6 Å². The van der Waals surface area contributed by atoms with Crippen molar-refractivity contribution in [2.45, 2.75) is 19.8 Å². The van der Waals surface area contributed by atoms with Crippen LogP contribution in [0.1, 0.15) is 28.6 Å². The maximum Gasteiger partial charge on any atom is 0.306 e. The number of carbonyl (C=O) groups is 2. The highest BCUT2D eigenvalue weighted by atomic mass is 32.1. The van der Waals surface area contributed by atoms with Gasteiger partial charge in [-0.2, -0.15) is 0 Å². The Labute approximate surface area is 131 Å². The average Bonchev–Trinajstić information content (AvgIpc) is 2.89. The van der Waals surface area contributed by atoms with E-state index in [-0.39, 0.29) is 18.6 Å². The van der Waals surface area contributed by atoms with Crippen LogP contribution in [0.3, 0.4) is 0 Å². The van der Waals surface area contributed by atoms with Crippen LogP contribution in [0.4, 0.5) is 4.39 Å². The largest absolute Gasteiger partial charge is 0.496 e. The molecule has 2 rings (SSSR count). The van der Waals surface area contributed by atoms with Gasteiger partial charge in [-0.15, -0.1) is 11.3 Å². The van der Waals surface area contributed by atoms with E-state index in [1.807, 2.05) is 6.07 Å². The SMILES string of the molecule is COc1cc2cc(C(=O)CC(C)C(=O)O)sc2cc1CCF. The number of carbonyl (C=O) groups excluding carboxylic acids is 1. The number of aryl methyl sites for hydroxylation is 1. The second-order valence-corrected chi connectivity index (χ2v) is 6.20. The molecular weight excluding hydrogens is 307 g/mol. The molecule has 4 nitrogen and oxygen atoms in total. The van der Waals surface area contributed by atoms with E-state index in [2.05, 4.69) is 0 Å². The lowest BCUT2D eigenvalue weighted by atomic mass is 10.0. The molecule has 0 saturated carbocycles. The summed E-state index contributed by atoms with van der Waals surface area (Å²) in [7, 11) is 1.52. The number of rotatable bonds is 7. The smallest absolute Gasteiger partial charge is 0.306 e. The van der Waals surface area contributed by atoms with Crippen molar-refractivity contribution < 1.29 is 23.8 Å². The summed E-state index contributed by atoms with van der Waals surface area (Å²) in [5.74, 6) is -1.29. The van der Waals surface area contributed by atoms with Crippen LogP contribution < -0.4 is 4.74 Å². The first kappa shape index (κ1) is 16.4. The molecule has 1 N–H and O–H groups in total. The Bertz CT molecular complexity index is 707. The fourth-order valence-electron chi connectivity index (χ4n) is 2.20. The van der Waals surface area contributed by atoms with Gasteiger partial charge in [0.15, 0.2) is 5.78 Å². The molecule has 1 atom stereocenters. The summed E-state index contributed by atoms with van der Waals surface area (Å²) in [6.07, 6.45) is 0.229. The zero-order valence-electron chi connectivity index (χ0n) is 12.4. The molecule has 0 aliphatic carbocycles. The van der Waals surface area contributed by atoms with Crippen molar-refractivity contribution in [3.8, 4) is 5.75 Å². The number of fused-ring (bicyclic) bond motifs is 1. The number of methoxy groups -OCH3 is 1. The van der Waals surface area contributed by atoms with Gasteiger partial charge in [0, 0.05) is 17.5 Å². The molecule has 1 aromatic carbocycles. The van der Waals surface area contributed by atoms with Crippen LogP contribution in [-0.2, 0) is 11.2 Å². The standard InChI is InChI=1S/C16H17FO4S/c1-9(16(19)20)5-12(18)15-8-11-6-13(21-2)10(3-4-17)7-14(11)22-15/h6-9H,3-5H2,1-2H3,(H,19,20). The summed E-state index contributed by atoms with van der Waals surface area (Å²) in [4.78, 5) is 23.5. The molecule has 1 aromatic heterocycles. The van der Waals surface area contributed by atoms with Crippen molar-refractivity contribution in [3.05, 3.63) is 28.6 Å². The van der Waals surface area contributed by atoms with E-state index in [0.717, 1.165) is 15.6 Å². The van der Waals surface area contributed by atoms with Crippen molar-refractivity contribution >= 4 is 33.2 Å². The van der Waals surface area contributed by atoms with Gasteiger partial charge in [-0.3, -0.25) is 14.0 Å². The van der Waals surface area contributed by atoms with Gasteiger partial charge >= 0.3 is 5.97 Å². The Hall–Kier alpha value is -1.95. The van der Waals surface area contributed by atoms with Crippen LogP contribution >= 0.6 is 11.3 Å². The number of thiophene rings is 1. The van der Waals surface area contributed by atoms with Crippen molar-refractivity contribution in [3.63, 3.8) is 0 Å². The Balaban J connectivity index is 2.33. The third kappa shape index (κ3) is 3.44. The fraction of sp³-hybridized carbons (Fsp3) is 0.375. The monoisotopic (exact) mass is 324 g/mol. The molecule has 0 amide bonds. The summed E-state index contributed by atoms with van der Waals surface area (Å²) in [5.41, 5.74) is 0.761. The summed E-state index contributed by atoms with van der Waals surface area (Å²) < 4.78 is 18.7. The third-order valence-electron chi connectivity index (χ3n) is 3.47. The quantitative estimate of drug-likeness (QED) is 0.789. The van der Waals surface area contributed by atoms with E-state index in [9.17, 15) is 14.0 Å². The number of ketones is 1. The maximum atomic E-state index is 12.6. The number of alkyl halides is 1. The molecular formula is C16H17FO4S. The summed E-state index contributed by atoms with van der Waals surface area (Å²) >= 11 is 1.30. The molecule has 0 aliphatic rings.